The largest absolute Gasteiger partial charge is 0.354 e. The molecule has 0 radical (unpaired) electrons. The van der Waals surface area contributed by atoms with Crippen molar-refractivity contribution in [3.8, 4) is 0 Å². The third-order valence-corrected chi connectivity index (χ3v) is 7.22. The maximum Gasteiger partial charge on any atom is 0.0503 e. The van der Waals surface area contributed by atoms with Crippen LogP contribution >= 0.6 is 0 Å². The van der Waals surface area contributed by atoms with E-state index in [1.807, 2.05) is 0 Å². The van der Waals surface area contributed by atoms with Crippen LogP contribution in [-0.4, -0.2) is 4.98 Å². The van der Waals surface area contributed by atoms with Crippen molar-refractivity contribution in [2.75, 3.05) is 0 Å². The lowest BCUT2D eigenvalue weighted by atomic mass is 9.83. The van der Waals surface area contributed by atoms with Crippen molar-refractivity contribution in [2.24, 2.45) is 0 Å². The van der Waals surface area contributed by atoms with Crippen molar-refractivity contribution >= 4 is 21.8 Å². The van der Waals surface area contributed by atoms with Gasteiger partial charge >= 0.3 is 0 Å². The second-order valence-electron chi connectivity index (χ2n) is 8.28. The normalized spacial score (nSPS) is 11.9. The lowest BCUT2D eigenvalue weighted by Crippen LogP contribution is -2.05. The first-order chi connectivity index (χ1) is 14.1. The van der Waals surface area contributed by atoms with Gasteiger partial charge in [-0.1, -0.05) is 55.4 Å². The van der Waals surface area contributed by atoms with Gasteiger partial charge in [-0.25, -0.2) is 0 Å². The van der Waals surface area contributed by atoms with Crippen molar-refractivity contribution in [2.45, 2.75) is 107 Å². The van der Waals surface area contributed by atoms with Crippen LogP contribution in [0.4, 0.5) is 0 Å². The molecule has 0 aliphatic rings. The molecule has 0 aliphatic carbocycles. The minimum absolute atomic E-state index is 1.10. The van der Waals surface area contributed by atoms with Crippen molar-refractivity contribution in [3.05, 3.63) is 44.5 Å². The summed E-state index contributed by atoms with van der Waals surface area (Å²) in [6.07, 6.45) is 8.98. The molecule has 0 saturated heterocycles. The van der Waals surface area contributed by atoms with Gasteiger partial charge in [-0.3, -0.25) is 0 Å². The maximum atomic E-state index is 4.02. The number of rotatable bonds is 8. The van der Waals surface area contributed by atoms with Crippen LogP contribution in [0.2, 0.25) is 0 Å². The van der Waals surface area contributed by atoms with E-state index in [1.165, 1.54) is 11.0 Å². The Morgan fingerprint density at radius 1 is 0.345 bits per heavy atom. The topological polar surface area (TPSA) is 15.8 Å². The molecule has 0 aliphatic heterocycles. The Labute approximate surface area is 178 Å². The molecule has 1 heterocycles. The number of aromatic amines is 1. The van der Waals surface area contributed by atoms with Gasteiger partial charge in [-0.2, -0.15) is 0 Å². The molecule has 3 rings (SSSR count). The maximum absolute atomic E-state index is 4.02. The fraction of sp³-hybridized carbons (Fsp3) is 0.571. The zero-order valence-corrected chi connectivity index (χ0v) is 20.2. The Morgan fingerprint density at radius 3 is 0.828 bits per heavy atom. The Kier molecular flexibility index (Phi) is 6.76. The van der Waals surface area contributed by atoms with Crippen molar-refractivity contribution in [1.82, 2.24) is 4.98 Å². The first-order valence-corrected chi connectivity index (χ1v) is 12.2. The zero-order chi connectivity index (χ0) is 21.3. The second-order valence-corrected chi connectivity index (χ2v) is 8.28. The van der Waals surface area contributed by atoms with Crippen LogP contribution < -0.4 is 0 Å². The van der Waals surface area contributed by atoms with E-state index in [1.54, 1.807) is 55.3 Å². The Balaban J connectivity index is 2.73. The average Bonchev–Trinajstić information content (AvgIpc) is 3.14. The number of H-pyrrole nitrogens is 1. The standard InChI is InChI=1S/C28H41N/c1-9-17-19(11-3)23(15-7)27-25(21(17)13-5)26-22(14-6)18(10-2)20(12-4)24(16-8)28(26)29-27/h29H,9-16H2,1-8H3. The van der Waals surface area contributed by atoms with Gasteiger partial charge in [0.2, 0.25) is 0 Å². The summed E-state index contributed by atoms with van der Waals surface area (Å²) < 4.78 is 0. The average molecular weight is 392 g/mol. The summed E-state index contributed by atoms with van der Waals surface area (Å²) >= 11 is 0. The quantitative estimate of drug-likeness (QED) is 0.403. The molecule has 3 aromatic rings. The van der Waals surface area contributed by atoms with Gasteiger partial charge in [0.15, 0.2) is 0 Å². The zero-order valence-electron chi connectivity index (χ0n) is 20.2. The molecule has 0 fully saturated rings. The predicted molar refractivity (Wildman–Crippen MR) is 131 cm³/mol. The van der Waals surface area contributed by atoms with Crippen LogP contribution in [0.25, 0.3) is 21.8 Å². The second kappa shape index (κ2) is 8.94. The predicted octanol–water partition coefficient (Wildman–Crippen LogP) is 7.82. The molecule has 0 bridgehead atoms. The molecule has 29 heavy (non-hydrogen) atoms. The third kappa shape index (κ3) is 3.13. The molecule has 2 aromatic carbocycles. The smallest absolute Gasteiger partial charge is 0.0503 e. The third-order valence-electron chi connectivity index (χ3n) is 7.22. The summed E-state index contributed by atoms with van der Waals surface area (Å²) in [5, 5.41) is 3.11. The Morgan fingerprint density at radius 2 is 0.586 bits per heavy atom. The van der Waals surface area contributed by atoms with Crippen LogP contribution in [0.15, 0.2) is 0 Å². The van der Waals surface area contributed by atoms with Crippen molar-refractivity contribution in [3.63, 3.8) is 0 Å². The van der Waals surface area contributed by atoms with E-state index >= 15 is 0 Å². The Hall–Kier alpha value is -1.76. The van der Waals surface area contributed by atoms with Gasteiger partial charge in [0.1, 0.15) is 0 Å². The lowest BCUT2D eigenvalue weighted by molar-refractivity contribution is 0.958. The van der Waals surface area contributed by atoms with E-state index in [0.29, 0.717) is 0 Å². The first kappa shape index (κ1) is 21.9. The molecule has 1 heteroatoms. The number of hydrogen-bond acceptors (Lipinski definition) is 0. The Bertz CT molecular complexity index is 950. The van der Waals surface area contributed by atoms with E-state index in [2.05, 4.69) is 60.4 Å². The monoisotopic (exact) mass is 391 g/mol. The molecule has 158 valence electrons. The SMILES string of the molecule is CCc1c(CC)c(CC)c2c([nH]c3c(CC)c(CC)c(CC)c(CC)c32)c1CC. The summed E-state index contributed by atoms with van der Waals surface area (Å²) in [6, 6.07) is 0. The lowest BCUT2D eigenvalue weighted by Gasteiger charge is -2.20. The fourth-order valence-corrected chi connectivity index (χ4v) is 6.16. The number of nitrogens with one attached hydrogen (secondary N) is 1. The summed E-state index contributed by atoms with van der Waals surface area (Å²) in [6.45, 7) is 18.7. The van der Waals surface area contributed by atoms with E-state index in [0.717, 1.165) is 51.4 Å². The number of benzene rings is 2. The van der Waals surface area contributed by atoms with Crippen LogP contribution in [0.5, 0.6) is 0 Å². The molecule has 0 saturated carbocycles. The molecular weight excluding hydrogens is 350 g/mol. The highest BCUT2D eigenvalue weighted by Crippen LogP contribution is 2.42. The van der Waals surface area contributed by atoms with Gasteiger partial charge in [-0.05, 0) is 95.9 Å². The number of aryl methyl sites for hydroxylation is 4. The molecule has 0 spiro atoms. The summed E-state index contributed by atoms with van der Waals surface area (Å²) in [5.41, 5.74) is 15.7. The summed E-state index contributed by atoms with van der Waals surface area (Å²) in [5.74, 6) is 0. The van der Waals surface area contributed by atoms with Gasteiger partial charge < -0.3 is 4.98 Å². The molecule has 0 amide bonds. The van der Waals surface area contributed by atoms with E-state index in [4.69, 9.17) is 0 Å². The minimum atomic E-state index is 1.10. The van der Waals surface area contributed by atoms with E-state index in [9.17, 15) is 0 Å². The van der Waals surface area contributed by atoms with Gasteiger partial charge in [0, 0.05) is 10.8 Å². The minimum Gasteiger partial charge on any atom is -0.354 e. The van der Waals surface area contributed by atoms with E-state index < -0.39 is 0 Å². The van der Waals surface area contributed by atoms with Gasteiger partial charge in [0.05, 0.1) is 11.0 Å². The summed E-state index contributed by atoms with van der Waals surface area (Å²) in [7, 11) is 0. The van der Waals surface area contributed by atoms with Crippen LogP contribution in [0.3, 0.4) is 0 Å². The molecule has 1 aromatic heterocycles. The highest BCUT2D eigenvalue weighted by Gasteiger charge is 2.24. The van der Waals surface area contributed by atoms with Crippen LogP contribution in [0, 0.1) is 0 Å². The van der Waals surface area contributed by atoms with E-state index in [-0.39, 0.29) is 0 Å². The van der Waals surface area contributed by atoms with Gasteiger partial charge in [-0.15, -0.1) is 0 Å². The molecule has 1 N–H and O–H groups in total. The van der Waals surface area contributed by atoms with Crippen LogP contribution in [0.1, 0.15) is 99.9 Å². The first-order valence-electron chi connectivity index (χ1n) is 12.2. The fourth-order valence-electron chi connectivity index (χ4n) is 6.16. The molecule has 0 unspecified atom stereocenters. The van der Waals surface area contributed by atoms with Crippen molar-refractivity contribution < 1.29 is 0 Å². The van der Waals surface area contributed by atoms with Crippen LogP contribution in [-0.2, 0) is 51.4 Å². The van der Waals surface area contributed by atoms with Crippen molar-refractivity contribution in [1.29, 1.82) is 0 Å². The molecule has 0 atom stereocenters. The summed E-state index contributed by atoms with van der Waals surface area (Å²) in [4.78, 5) is 4.02. The highest BCUT2D eigenvalue weighted by atomic mass is 14.7. The molecule has 1 nitrogen and oxygen atoms in total. The number of hydrogen-bond donors (Lipinski definition) is 1. The number of fused-ring (bicyclic) bond motifs is 3. The highest BCUT2D eigenvalue weighted by molar-refractivity contribution is 6.14. The molecular formula is C28H41N. The van der Waals surface area contributed by atoms with Gasteiger partial charge in [0.25, 0.3) is 0 Å². The number of aromatic nitrogens is 1.